The van der Waals surface area contributed by atoms with E-state index in [1.165, 1.54) is 16.0 Å². The fraction of sp³-hybridized carbons (Fsp3) is 0.304. The molecular formula is C23H23N3O2S2. The van der Waals surface area contributed by atoms with Crippen molar-refractivity contribution in [3.05, 3.63) is 70.5 Å². The lowest BCUT2D eigenvalue weighted by Gasteiger charge is -2.30. The molecule has 0 amide bonds. The van der Waals surface area contributed by atoms with E-state index >= 15 is 0 Å². The third-order valence-corrected chi connectivity index (χ3v) is 7.15. The van der Waals surface area contributed by atoms with Crippen LogP contribution in [0.1, 0.15) is 35.6 Å². The highest BCUT2D eigenvalue weighted by molar-refractivity contribution is 7.98. The van der Waals surface area contributed by atoms with E-state index in [4.69, 9.17) is 19.1 Å². The summed E-state index contributed by atoms with van der Waals surface area (Å²) in [7, 11) is 0. The number of furan rings is 1. The molecular weight excluding hydrogens is 414 g/mol. The van der Waals surface area contributed by atoms with Gasteiger partial charge in [-0.05, 0) is 37.1 Å². The lowest BCUT2D eigenvalue weighted by Crippen LogP contribution is -2.31. The molecule has 1 aliphatic rings. The normalized spacial score (nSPS) is 15.3. The molecule has 0 saturated heterocycles. The van der Waals surface area contributed by atoms with Crippen LogP contribution in [0, 0.1) is 0 Å². The van der Waals surface area contributed by atoms with E-state index in [9.17, 15) is 0 Å². The van der Waals surface area contributed by atoms with Crippen molar-refractivity contribution >= 4 is 39.1 Å². The van der Waals surface area contributed by atoms with E-state index in [2.05, 4.69) is 43.4 Å². The summed E-state index contributed by atoms with van der Waals surface area (Å²) in [5, 5.41) is 5.41. The summed E-state index contributed by atoms with van der Waals surface area (Å²) < 4.78 is 11.5. The predicted octanol–water partition coefficient (Wildman–Crippen LogP) is 6.04. The molecule has 4 aromatic rings. The van der Waals surface area contributed by atoms with Crippen LogP contribution in [0.3, 0.4) is 0 Å². The Morgan fingerprint density at radius 3 is 2.80 bits per heavy atom. The number of nitrogens with zero attached hydrogens (tertiary/aromatic N) is 2. The number of benzene rings is 1. The molecule has 5 rings (SSSR count). The molecule has 1 aliphatic heterocycles. The number of hydrogen-bond acceptors (Lipinski definition) is 7. The van der Waals surface area contributed by atoms with Crippen LogP contribution in [0.25, 0.3) is 10.2 Å². The lowest BCUT2D eigenvalue weighted by atomic mass is 9.94. The zero-order chi connectivity index (χ0) is 20.6. The predicted molar refractivity (Wildman–Crippen MR) is 122 cm³/mol. The van der Waals surface area contributed by atoms with Crippen LogP contribution in [0.4, 0.5) is 5.82 Å². The maximum absolute atomic E-state index is 6.04. The Morgan fingerprint density at radius 1 is 1.13 bits per heavy atom. The van der Waals surface area contributed by atoms with Gasteiger partial charge in [-0.25, -0.2) is 9.97 Å². The quantitative estimate of drug-likeness (QED) is 0.293. The first-order valence-electron chi connectivity index (χ1n) is 9.97. The van der Waals surface area contributed by atoms with Gasteiger partial charge in [0.1, 0.15) is 16.4 Å². The Labute approximate surface area is 183 Å². The number of aromatic nitrogens is 2. The van der Waals surface area contributed by atoms with Crippen molar-refractivity contribution in [1.29, 1.82) is 0 Å². The Hall–Kier alpha value is -2.35. The summed E-state index contributed by atoms with van der Waals surface area (Å²) in [6.45, 7) is 5.50. The van der Waals surface area contributed by atoms with Gasteiger partial charge in [0.2, 0.25) is 0 Å². The van der Waals surface area contributed by atoms with Crippen molar-refractivity contribution in [2.75, 3.05) is 5.32 Å². The molecule has 154 valence electrons. The molecule has 0 unspecified atom stereocenters. The molecule has 1 aromatic carbocycles. The lowest BCUT2D eigenvalue weighted by molar-refractivity contribution is -0.0379. The van der Waals surface area contributed by atoms with Gasteiger partial charge in [-0.3, -0.25) is 0 Å². The van der Waals surface area contributed by atoms with Gasteiger partial charge in [-0.2, -0.15) is 0 Å². The Morgan fingerprint density at radius 2 is 2.00 bits per heavy atom. The third kappa shape index (κ3) is 4.10. The molecule has 0 saturated carbocycles. The van der Waals surface area contributed by atoms with Gasteiger partial charge in [0.05, 0.1) is 30.4 Å². The van der Waals surface area contributed by atoms with Crippen molar-refractivity contribution < 1.29 is 9.15 Å². The number of hydrogen-bond donors (Lipinski definition) is 1. The Kier molecular flexibility index (Phi) is 5.26. The van der Waals surface area contributed by atoms with Gasteiger partial charge in [-0.15, -0.1) is 11.3 Å². The first-order chi connectivity index (χ1) is 14.6. The smallest absolute Gasteiger partial charge is 0.191 e. The van der Waals surface area contributed by atoms with Crippen molar-refractivity contribution in [2.45, 2.75) is 49.9 Å². The molecule has 3 aromatic heterocycles. The van der Waals surface area contributed by atoms with Crippen molar-refractivity contribution in [2.24, 2.45) is 0 Å². The van der Waals surface area contributed by atoms with Crippen LogP contribution in [-0.2, 0) is 30.1 Å². The third-order valence-electron chi connectivity index (χ3n) is 5.13. The van der Waals surface area contributed by atoms with Crippen LogP contribution in [-0.4, -0.2) is 15.6 Å². The van der Waals surface area contributed by atoms with E-state index < -0.39 is 0 Å². The zero-order valence-electron chi connectivity index (χ0n) is 17.0. The summed E-state index contributed by atoms with van der Waals surface area (Å²) in [5.41, 5.74) is 2.39. The molecule has 0 radical (unpaired) electrons. The van der Waals surface area contributed by atoms with E-state index in [1.54, 1.807) is 29.4 Å². The number of fused-ring (bicyclic) bond motifs is 3. The van der Waals surface area contributed by atoms with Crippen LogP contribution in [0.5, 0.6) is 0 Å². The minimum absolute atomic E-state index is 0.181. The fourth-order valence-corrected chi connectivity index (χ4v) is 5.58. The minimum atomic E-state index is -0.181. The number of thiophene rings is 1. The topological polar surface area (TPSA) is 60.2 Å². The molecule has 0 bridgehead atoms. The molecule has 0 spiro atoms. The highest BCUT2D eigenvalue weighted by Gasteiger charge is 2.31. The first-order valence-corrected chi connectivity index (χ1v) is 11.8. The fourth-order valence-electron chi connectivity index (χ4n) is 3.62. The van der Waals surface area contributed by atoms with Gasteiger partial charge in [0.25, 0.3) is 0 Å². The molecule has 0 aliphatic carbocycles. The largest absolute Gasteiger partial charge is 0.467 e. The van der Waals surface area contributed by atoms with Crippen molar-refractivity contribution in [3.8, 4) is 0 Å². The maximum atomic E-state index is 6.04. The van der Waals surface area contributed by atoms with E-state index in [0.717, 1.165) is 39.1 Å². The first kappa shape index (κ1) is 19.6. The van der Waals surface area contributed by atoms with Gasteiger partial charge < -0.3 is 14.5 Å². The molecule has 30 heavy (non-hydrogen) atoms. The second-order valence-corrected chi connectivity index (χ2v) is 10.00. The van der Waals surface area contributed by atoms with Gasteiger partial charge in [-0.1, -0.05) is 42.1 Å². The Bertz CT molecular complexity index is 1150. The number of anilines is 1. The average molecular weight is 438 g/mol. The zero-order valence-corrected chi connectivity index (χ0v) is 18.6. The maximum Gasteiger partial charge on any atom is 0.191 e. The standard InChI is InChI=1S/C23H23N3O2S2/c1-23(2)11-17-18(13-28-23)30-21-19(17)20(24-12-16-9-6-10-27-16)25-22(26-21)29-14-15-7-4-3-5-8-15/h3-10H,11-14H2,1-2H3,(H,24,25,26). The molecule has 4 heterocycles. The van der Waals surface area contributed by atoms with E-state index in [1.807, 2.05) is 18.2 Å². The van der Waals surface area contributed by atoms with E-state index in [0.29, 0.717) is 13.2 Å². The monoisotopic (exact) mass is 437 g/mol. The second-order valence-electron chi connectivity index (χ2n) is 7.97. The number of ether oxygens (including phenoxy) is 1. The van der Waals surface area contributed by atoms with Gasteiger partial charge >= 0.3 is 0 Å². The van der Waals surface area contributed by atoms with Crippen molar-refractivity contribution in [1.82, 2.24) is 9.97 Å². The van der Waals surface area contributed by atoms with Crippen molar-refractivity contribution in [3.63, 3.8) is 0 Å². The van der Waals surface area contributed by atoms with Gasteiger partial charge in [0, 0.05) is 17.1 Å². The minimum Gasteiger partial charge on any atom is -0.467 e. The number of thioether (sulfide) groups is 1. The summed E-state index contributed by atoms with van der Waals surface area (Å²) >= 11 is 3.38. The summed E-state index contributed by atoms with van der Waals surface area (Å²) in [6, 6.07) is 14.3. The van der Waals surface area contributed by atoms with Crippen LogP contribution >= 0.6 is 23.1 Å². The summed E-state index contributed by atoms with van der Waals surface area (Å²) in [4.78, 5) is 12.1. The highest BCUT2D eigenvalue weighted by atomic mass is 32.2. The van der Waals surface area contributed by atoms with Crippen LogP contribution in [0.15, 0.2) is 58.3 Å². The van der Waals surface area contributed by atoms with Crippen LogP contribution < -0.4 is 5.32 Å². The summed E-state index contributed by atoms with van der Waals surface area (Å²) in [6.07, 6.45) is 2.55. The molecule has 0 fully saturated rings. The van der Waals surface area contributed by atoms with E-state index in [-0.39, 0.29) is 5.60 Å². The number of rotatable bonds is 6. The molecule has 5 nitrogen and oxygen atoms in total. The molecule has 7 heteroatoms. The summed E-state index contributed by atoms with van der Waals surface area (Å²) in [5.74, 6) is 2.60. The molecule has 0 atom stereocenters. The number of nitrogens with one attached hydrogen (secondary N) is 1. The highest BCUT2D eigenvalue weighted by Crippen LogP contribution is 2.41. The van der Waals surface area contributed by atoms with Gasteiger partial charge in [0.15, 0.2) is 5.16 Å². The SMILES string of the molecule is CC1(C)Cc2c(sc3nc(SCc4ccccc4)nc(NCc4ccco4)c23)CO1. The second kappa shape index (κ2) is 8.06. The molecule has 1 N–H and O–H groups in total. The van der Waals surface area contributed by atoms with Crippen LogP contribution in [0.2, 0.25) is 0 Å². The average Bonchev–Trinajstić information content (AvgIpc) is 3.38. The Balaban J connectivity index is 1.51.